The smallest absolute Gasteiger partial charge is 0.416 e. The number of alkyl halides is 3. The second-order valence-electron chi connectivity index (χ2n) is 4.67. The molecule has 2 rings (SSSR count). The van der Waals surface area contributed by atoms with Gasteiger partial charge in [0.1, 0.15) is 12.4 Å². The van der Waals surface area contributed by atoms with Crippen molar-refractivity contribution in [2.75, 3.05) is 6.67 Å². The third-order valence-corrected chi connectivity index (χ3v) is 3.10. The van der Waals surface area contributed by atoms with Gasteiger partial charge < -0.3 is 10.0 Å². The first-order valence-corrected chi connectivity index (χ1v) is 6.14. The van der Waals surface area contributed by atoms with Crippen LogP contribution in [-0.2, 0) is 17.5 Å². The van der Waals surface area contributed by atoms with Gasteiger partial charge in [-0.1, -0.05) is 12.1 Å². The highest BCUT2D eigenvalue weighted by atomic mass is 19.4. The molecule has 0 amide bonds. The highest BCUT2D eigenvalue weighted by Crippen LogP contribution is 2.30. The van der Waals surface area contributed by atoms with Gasteiger partial charge in [-0.3, -0.25) is 4.99 Å². The van der Waals surface area contributed by atoms with Crippen molar-refractivity contribution in [1.29, 1.82) is 0 Å². The Morgan fingerprint density at radius 3 is 2.71 bits per heavy atom. The first kappa shape index (κ1) is 15.1. The lowest BCUT2D eigenvalue weighted by molar-refractivity contribution is -0.137. The number of carbonyl (C=O) groups is 1. The Morgan fingerprint density at radius 2 is 2.14 bits per heavy atom. The van der Waals surface area contributed by atoms with Crippen LogP contribution in [0.3, 0.4) is 0 Å². The molecule has 0 saturated heterocycles. The molecule has 0 atom stereocenters. The fourth-order valence-corrected chi connectivity index (χ4v) is 1.98. The zero-order valence-corrected chi connectivity index (χ0v) is 11.2. The van der Waals surface area contributed by atoms with Gasteiger partial charge in [0.2, 0.25) is 0 Å². The highest BCUT2D eigenvalue weighted by molar-refractivity contribution is 6.40. The van der Waals surface area contributed by atoms with Gasteiger partial charge in [-0.15, -0.1) is 0 Å². The lowest BCUT2D eigenvalue weighted by atomic mass is 10.1. The molecule has 1 aromatic carbocycles. The van der Waals surface area contributed by atoms with Gasteiger partial charge in [0, 0.05) is 12.2 Å². The van der Waals surface area contributed by atoms with Gasteiger partial charge in [0.05, 0.1) is 5.56 Å². The molecule has 0 radical (unpaired) electrons. The third kappa shape index (κ3) is 3.62. The maximum atomic E-state index is 12.7. The molecule has 1 heterocycles. The second kappa shape index (κ2) is 5.59. The molecule has 0 aromatic heterocycles. The molecule has 4 nitrogen and oxygen atoms in total. The fraction of sp³-hybridized carbons (Fsp3) is 0.286. The summed E-state index contributed by atoms with van der Waals surface area (Å²) in [6, 6.07) is 5.05. The average molecular weight is 298 g/mol. The van der Waals surface area contributed by atoms with E-state index < -0.39 is 17.7 Å². The summed E-state index contributed by atoms with van der Waals surface area (Å²) in [5, 5.41) is 8.84. The number of aliphatic imine (C=N–C) groups is 1. The topological polar surface area (TPSA) is 52.9 Å². The third-order valence-electron chi connectivity index (χ3n) is 3.10. The number of halogens is 3. The molecule has 1 N–H and O–H groups in total. The lowest BCUT2D eigenvalue weighted by Gasteiger charge is -2.26. The molecule has 0 saturated carbocycles. The Hall–Kier alpha value is -2.31. The normalized spacial score (nSPS) is 15.5. The van der Waals surface area contributed by atoms with Gasteiger partial charge in [0.15, 0.2) is 0 Å². The maximum Gasteiger partial charge on any atom is 0.416 e. The molecule has 1 aliphatic heterocycles. The molecule has 0 aliphatic carbocycles. The van der Waals surface area contributed by atoms with Crippen molar-refractivity contribution in [3.8, 4) is 0 Å². The van der Waals surface area contributed by atoms with Crippen molar-refractivity contribution >= 4 is 11.7 Å². The molecular weight excluding hydrogens is 285 g/mol. The van der Waals surface area contributed by atoms with Gasteiger partial charge in [-0.25, -0.2) is 4.79 Å². The first-order chi connectivity index (χ1) is 9.77. The number of hydrogen-bond donors (Lipinski definition) is 1. The largest absolute Gasteiger partial charge is 0.477 e. The monoisotopic (exact) mass is 298 g/mol. The summed E-state index contributed by atoms with van der Waals surface area (Å²) in [4.78, 5) is 16.4. The molecule has 0 fully saturated rings. The van der Waals surface area contributed by atoms with Crippen LogP contribution in [-0.4, -0.2) is 28.4 Å². The molecule has 7 heteroatoms. The van der Waals surface area contributed by atoms with Gasteiger partial charge in [-0.2, -0.15) is 13.2 Å². The van der Waals surface area contributed by atoms with E-state index in [1.807, 2.05) is 0 Å². The highest BCUT2D eigenvalue weighted by Gasteiger charge is 2.30. The number of rotatable bonds is 3. The fourth-order valence-electron chi connectivity index (χ4n) is 1.98. The second-order valence-corrected chi connectivity index (χ2v) is 4.67. The molecule has 0 unspecified atom stereocenters. The first-order valence-electron chi connectivity index (χ1n) is 6.14. The number of carboxylic acids is 1. The number of hydrogen-bond acceptors (Lipinski definition) is 3. The van der Waals surface area contributed by atoms with E-state index in [0.717, 1.165) is 12.1 Å². The molecule has 1 aromatic rings. The molecule has 21 heavy (non-hydrogen) atoms. The zero-order chi connectivity index (χ0) is 15.6. The van der Waals surface area contributed by atoms with Crippen LogP contribution in [0.25, 0.3) is 0 Å². The van der Waals surface area contributed by atoms with Crippen LogP contribution in [0.1, 0.15) is 18.1 Å². The summed E-state index contributed by atoms with van der Waals surface area (Å²) < 4.78 is 38.0. The molecular formula is C14H13F3N2O2. The number of carboxylic acid groups (broad SMARTS) is 1. The van der Waals surface area contributed by atoms with E-state index in [4.69, 9.17) is 5.11 Å². The predicted octanol–water partition coefficient (Wildman–Crippen LogP) is 2.91. The van der Waals surface area contributed by atoms with E-state index in [-0.39, 0.29) is 18.9 Å². The van der Waals surface area contributed by atoms with Crippen LogP contribution in [0.5, 0.6) is 0 Å². The van der Waals surface area contributed by atoms with Crippen LogP contribution < -0.4 is 0 Å². The summed E-state index contributed by atoms with van der Waals surface area (Å²) in [6.45, 7) is 2.05. The number of benzene rings is 1. The summed E-state index contributed by atoms with van der Waals surface area (Å²) in [5.74, 6) is -1.12. The van der Waals surface area contributed by atoms with Crippen molar-refractivity contribution in [2.45, 2.75) is 19.6 Å². The Labute approximate surface area is 119 Å². The van der Waals surface area contributed by atoms with E-state index in [1.165, 1.54) is 12.1 Å². The minimum absolute atomic E-state index is 0.0483. The van der Waals surface area contributed by atoms with Crippen LogP contribution in [0.2, 0.25) is 0 Å². The van der Waals surface area contributed by atoms with Crippen LogP contribution in [0.4, 0.5) is 13.2 Å². The van der Waals surface area contributed by atoms with Crippen LogP contribution in [0, 0.1) is 0 Å². The van der Waals surface area contributed by atoms with E-state index in [9.17, 15) is 18.0 Å². The number of nitrogens with zero attached hydrogens (tertiary/aromatic N) is 2. The van der Waals surface area contributed by atoms with Crippen molar-refractivity contribution in [2.24, 2.45) is 4.99 Å². The molecule has 0 bridgehead atoms. The summed E-state index contributed by atoms with van der Waals surface area (Å²) in [6.07, 6.45) is -2.98. The summed E-state index contributed by atoms with van der Waals surface area (Å²) >= 11 is 0. The van der Waals surface area contributed by atoms with Crippen molar-refractivity contribution in [3.63, 3.8) is 0 Å². The Kier molecular flexibility index (Phi) is 4.02. The van der Waals surface area contributed by atoms with E-state index in [0.29, 0.717) is 11.3 Å². The quantitative estimate of drug-likeness (QED) is 0.933. The van der Waals surface area contributed by atoms with E-state index in [2.05, 4.69) is 4.99 Å². The van der Waals surface area contributed by atoms with Gasteiger partial charge in [-0.05, 0) is 30.7 Å². The molecule has 1 aliphatic rings. The van der Waals surface area contributed by atoms with Gasteiger partial charge in [0.25, 0.3) is 0 Å². The Morgan fingerprint density at radius 1 is 1.43 bits per heavy atom. The van der Waals surface area contributed by atoms with Gasteiger partial charge >= 0.3 is 12.1 Å². The SMILES string of the molecule is CC1=CC(C(=O)O)=NCN1Cc1cccc(C(F)(F)F)c1. The summed E-state index contributed by atoms with van der Waals surface area (Å²) in [7, 11) is 0. The van der Waals surface area contributed by atoms with Crippen molar-refractivity contribution < 1.29 is 23.1 Å². The molecule has 0 spiro atoms. The standard InChI is InChI=1S/C14H13F3N2O2/c1-9-5-12(13(20)21)18-8-19(9)7-10-3-2-4-11(6-10)14(15,16)17/h2-6H,7-8H2,1H3,(H,20,21). The number of allylic oxidation sites excluding steroid dienone is 1. The minimum atomic E-state index is -4.38. The average Bonchev–Trinajstić information content (AvgIpc) is 2.40. The Bertz CT molecular complexity index is 621. The summed E-state index contributed by atoms with van der Waals surface area (Å²) in [5.41, 5.74) is 0.396. The van der Waals surface area contributed by atoms with Crippen molar-refractivity contribution in [1.82, 2.24) is 4.90 Å². The Balaban J connectivity index is 2.14. The van der Waals surface area contributed by atoms with E-state index in [1.54, 1.807) is 17.9 Å². The van der Waals surface area contributed by atoms with Crippen LogP contribution >= 0.6 is 0 Å². The van der Waals surface area contributed by atoms with E-state index >= 15 is 0 Å². The molecule has 112 valence electrons. The van der Waals surface area contributed by atoms with Crippen molar-refractivity contribution in [3.05, 3.63) is 47.2 Å². The zero-order valence-electron chi connectivity index (χ0n) is 11.2. The predicted molar refractivity (Wildman–Crippen MR) is 70.7 cm³/mol. The number of aliphatic carboxylic acids is 1. The van der Waals surface area contributed by atoms with Crippen LogP contribution in [0.15, 0.2) is 41.0 Å². The lowest BCUT2D eigenvalue weighted by Crippen LogP contribution is -2.28. The maximum absolute atomic E-state index is 12.7. The minimum Gasteiger partial charge on any atom is -0.477 e.